The molecule has 0 amide bonds. The van der Waals surface area contributed by atoms with Crippen LogP contribution in [0.3, 0.4) is 0 Å². The van der Waals surface area contributed by atoms with Crippen molar-refractivity contribution < 1.29 is 23.6 Å². The van der Waals surface area contributed by atoms with E-state index in [1.165, 1.54) is 18.4 Å². The zero-order valence-electron chi connectivity index (χ0n) is 14.2. The Balaban J connectivity index is 1.53. The third kappa shape index (κ3) is 4.68. The number of benzene rings is 1. The van der Waals surface area contributed by atoms with Gasteiger partial charge in [0.1, 0.15) is 12.4 Å². The van der Waals surface area contributed by atoms with Gasteiger partial charge in [0, 0.05) is 31.6 Å². The molecule has 1 unspecified atom stereocenters. The van der Waals surface area contributed by atoms with Crippen LogP contribution in [0.4, 0.5) is 5.69 Å². The third-order valence-corrected chi connectivity index (χ3v) is 4.24. The van der Waals surface area contributed by atoms with E-state index in [1.54, 1.807) is 24.3 Å². The topological polar surface area (TPSA) is 95.0 Å². The number of hydrogen-bond acceptors (Lipinski definition) is 7. The Morgan fingerprint density at radius 1 is 1.35 bits per heavy atom. The minimum atomic E-state index is -0.453. The molecule has 0 aliphatic carbocycles. The van der Waals surface area contributed by atoms with E-state index < -0.39 is 4.92 Å². The van der Waals surface area contributed by atoms with Crippen molar-refractivity contribution in [3.05, 3.63) is 58.5 Å². The number of carbonyl (C=O) groups excluding carboxylic acids is 1. The predicted octanol–water partition coefficient (Wildman–Crippen LogP) is 2.54. The van der Waals surface area contributed by atoms with Gasteiger partial charge in [-0.2, -0.15) is 0 Å². The van der Waals surface area contributed by atoms with Crippen molar-refractivity contribution in [1.29, 1.82) is 0 Å². The van der Waals surface area contributed by atoms with E-state index in [-0.39, 0.29) is 17.5 Å². The van der Waals surface area contributed by atoms with Gasteiger partial charge < -0.3 is 13.9 Å². The van der Waals surface area contributed by atoms with Gasteiger partial charge in [0.05, 0.1) is 30.5 Å². The SMILES string of the molecule is O=C(CC1COCCN1CCOc1cccc([N+](=O)[O-])c1)c1ccco1. The predicted molar refractivity (Wildman–Crippen MR) is 92.4 cm³/mol. The molecule has 3 rings (SSSR count). The molecule has 2 heterocycles. The first-order valence-corrected chi connectivity index (χ1v) is 8.39. The van der Waals surface area contributed by atoms with Gasteiger partial charge in [0.25, 0.3) is 5.69 Å². The van der Waals surface area contributed by atoms with Crippen LogP contribution in [0, 0.1) is 10.1 Å². The minimum Gasteiger partial charge on any atom is -0.492 e. The minimum absolute atomic E-state index is 0.00389. The lowest BCUT2D eigenvalue weighted by Crippen LogP contribution is -2.47. The number of hydrogen-bond donors (Lipinski definition) is 0. The van der Waals surface area contributed by atoms with Gasteiger partial charge in [-0.15, -0.1) is 0 Å². The number of nitro groups is 1. The van der Waals surface area contributed by atoms with Crippen LogP contribution < -0.4 is 4.74 Å². The summed E-state index contributed by atoms with van der Waals surface area (Å²) >= 11 is 0. The Labute approximate surface area is 150 Å². The second-order valence-corrected chi connectivity index (χ2v) is 5.97. The van der Waals surface area contributed by atoms with E-state index in [9.17, 15) is 14.9 Å². The highest BCUT2D eigenvalue weighted by Crippen LogP contribution is 2.19. The lowest BCUT2D eigenvalue weighted by molar-refractivity contribution is -0.384. The lowest BCUT2D eigenvalue weighted by atomic mass is 10.1. The van der Waals surface area contributed by atoms with Crippen molar-refractivity contribution in [1.82, 2.24) is 4.90 Å². The maximum Gasteiger partial charge on any atom is 0.273 e. The summed E-state index contributed by atoms with van der Waals surface area (Å²) in [5, 5.41) is 10.8. The first-order valence-electron chi connectivity index (χ1n) is 8.39. The molecule has 0 saturated carbocycles. The highest BCUT2D eigenvalue weighted by molar-refractivity contribution is 5.93. The Morgan fingerprint density at radius 2 is 2.23 bits per heavy atom. The smallest absolute Gasteiger partial charge is 0.273 e. The molecule has 1 atom stereocenters. The van der Waals surface area contributed by atoms with Gasteiger partial charge in [0.2, 0.25) is 0 Å². The Kier molecular flexibility index (Phi) is 5.98. The molecule has 1 aliphatic rings. The summed E-state index contributed by atoms with van der Waals surface area (Å²) in [5.74, 6) is 0.745. The fourth-order valence-corrected chi connectivity index (χ4v) is 2.89. The maximum atomic E-state index is 12.2. The number of Topliss-reactive ketones (excluding diaryl/α,β-unsaturated/α-hetero) is 1. The van der Waals surface area contributed by atoms with Crippen LogP contribution in [-0.4, -0.2) is 54.6 Å². The molecule has 0 bridgehead atoms. The number of ketones is 1. The van der Waals surface area contributed by atoms with Gasteiger partial charge in [-0.25, -0.2) is 0 Å². The van der Waals surface area contributed by atoms with Gasteiger partial charge in [0.15, 0.2) is 11.5 Å². The Morgan fingerprint density at radius 3 is 3.00 bits per heavy atom. The Bertz CT molecular complexity index is 746. The fraction of sp³-hybridized carbons (Fsp3) is 0.389. The highest BCUT2D eigenvalue weighted by atomic mass is 16.6. The number of nitrogens with zero attached hydrogens (tertiary/aromatic N) is 2. The average molecular weight is 360 g/mol. The number of morpholine rings is 1. The van der Waals surface area contributed by atoms with Crippen LogP contribution in [0.1, 0.15) is 17.0 Å². The number of non-ortho nitro benzene ring substituents is 1. The number of nitro benzene ring substituents is 1. The third-order valence-electron chi connectivity index (χ3n) is 4.24. The molecular weight excluding hydrogens is 340 g/mol. The molecule has 0 radical (unpaired) electrons. The maximum absolute atomic E-state index is 12.2. The van der Waals surface area contributed by atoms with Crippen molar-refractivity contribution in [2.75, 3.05) is 32.9 Å². The van der Waals surface area contributed by atoms with Gasteiger partial charge in [-0.1, -0.05) is 6.07 Å². The molecule has 2 aromatic rings. The van der Waals surface area contributed by atoms with Crippen molar-refractivity contribution in [3.63, 3.8) is 0 Å². The zero-order valence-corrected chi connectivity index (χ0v) is 14.2. The standard InChI is InChI=1S/C18H20N2O6/c21-17(18-5-2-8-26-18)12-15-13-24-9-6-19(15)7-10-25-16-4-1-3-14(11-16)20(22)23/h1-5,8,11,15H,6-7,9-10,12-13H2. The van der Waals surface area contributed by atoms with Crippen LogP contribution in [0.2, 0.25) is 0 Å². The van der Waals surface area contributed by atoms with E-state index >= 15 is 0 Å². The van der Waals surface area contributed by atoms with Gasteiger partial charge >= 0.3 is 0 Å². The Hall–Kier alpha value is -2.71. The van der Waals surface area contributed by atoms with Crippen molar-refractivity contribution in [2.45, 2.75) is 12.5 Å². The number of furan rings is 1. The summed E-state index contributed by atoms with van der Waals surface area (Å²) in [6.45, 7) is 2.74. The van der Waals surface area contributed by atoms with Crippen LogP contribution in [0.25, 0.3) is 0 Å². The molecule has 26 heavy (non-hydrogen) atoms. The average Bonchev–Trinajstić information content (AvgIpc) is 3.18. The van der Waals surface area contributed by atoms with Crippen LogP contribution >= 0.6 is 0 Å². The summed E-state index contributed by atoms with van der Waals surface area (Å²) < 4.78 is 16.3. The second kappa shape index (κ2) is 8.59. The normalized spacial score (nSPS) is 17.8. The summed E-state index contributed by atoms with van der Waals surface area (Å²) in [5.41, 5.74) is -0.00389. The summed E-state index contributed by atoms with van der Waals surface area (Å²) in [7, 11) is 0. The van der Waals surface area contributed by atoms with Crippen LogP contribution in [-0.2, 0) is 4.74 Å². The first-order chi connectivity index (χ1) is 12.6. The van der Waals surface area contributed by atoms with Crippen LogP contribution in [0.15, 0.2) is 47.1 Å². The van der Waals surface area contributed by atoms with E-state index in [0.717, 1.165) is 0 Å². The van der Waals surface area contributed by atoms with E-state index in [0.29, 0.717) is 50.8 Å². The largest absolute Gasteiger partial charge is 0.492 e. The first kappa shape index (κ1) is 18.1. The van der Waals surface area contributed by atoms with E-state index in [4.69, 9.17) is 13.9 Å². The summed E-state index contributed by atoms with van der Waals surface area (Å²) in [6, 6.07) is 9.39. The van der Waals surface area contributed by atoms with E-state index in [1.807, 2.05) is 0 Å². The quantitative estimate of drug-likeness (QED) is 0.405. The number of ether oxygens (including phenoxy) is 2. The zero-order chi connectivity index (χ0) is 18.4. The molecule has 1 aromatic carbocycles. The van der Waals surface area contributed by atoms with Crippen molar-refractivity contribution >= 4 is 11.5 Å². The van der Waals surface area contributed by atoms with Gasteiger partial charge in [-0.3, -0.25) is 19.8 Å². The molecule has 1 fully saturated rings. The number of rotatable bonds is 8. The molecule has 0 spiro atoms. The summed E-state index contributed by atoms with van der Waals surface area (Å²) in [4.78, 5) is 24.7. The molecule has 8 heteroatoms. The molecule has 1 aliphatic heterocycles. The summed E-state index contributed by atoms with van der Waals surface area (Å²) in [6.07, 6.45) is 1.79. The highest BCUT2D eigenvalue weighted by Gasteiger charge is 2.26. The lowest BCUT2D eigenvalue weighted by Gasteiger charge is -2.34. The van der Waals surface area contributed by atoms with Crippen molar-refractivity contribution in [2.24, 2.45) is 0 Å². The van der Waals surface area contributed by atoms with Gasteiger partial charge in [-0.05, 0) is 18.2 Å². The molecule has 0 N–H and O–H groups in total. The molecule has 1 saturated heterocycles. The van der Waals surface area contributed by atoms with Crippen LogP contribution in [0.5, 0.6) is 5.75 Å². The number of carbonyl (C=O) groups is 1. The molecule has 8 nitrogen and oxygen atoms in total. The van der Waals surface area contributed by atoms with Crippen molar-refractivity contribution in [3.8, 4) is 5.75 Å². The second-order valence-electron chi connectivity index (χ2n) is 5.97. The van der Waals surface area contributed by atoms with E-state index in [2.05, 4.69) is 4.90 Å². The molecule has 1 aromatic heterocycles. The fourth-order valence-electron chi connectivity index (χ4n) is 2.89. The molecular formula is C18H20N2O6. The molecule has 138 valence electrons. The monoisotopic (exact) mass is 360 g/mol.